The zero-order valence-electron chi connectivity index (χ0n) is 15.3. The Morgan fingerprint density at radius 1 is 1.29 bits per heavy atom. The van der Waals surface area contributed by atoms with Crippen molar-refractivity contribution in [2.45, 2.75) is 59.9 Å². The van der Waals surface area contributed by atoms with E-state index in [0.29, 0.717) is 16.8 Å². The lowest BCUT2D eigenvalue weighted by Gasteiger charge is -2.15. The smallest absolute Gasteiger partial charge is 0.268 e. The minimum Gasteiger partial charge on any atom is -0.354 e. The highest BCUT2D eigenvalue weighted by atomic mass is 32.1. The largest absolute Gasteiger partial charge is 0.354 e. The van der Waals surface area contributed by atoms with Gasteiger partial charge in [0.05, 0.1) is 11.7 Å². The third kappa shape index (κ3) is 3.59. The maximum Gasteiger partial charge on any atom is 0.268 e. The van der Waals surface area contributed by atoms with Crippen LogP contribution in [0.5, 0.6) is 0 Å². The molecule has 0 fully saturated rings. The molecule has 0 aromatic carbocycles. The first-order valence-electron chi connectivity index (χ1n) is 7.99. The summed E-state index contributed by atoms with van der Waals surface area (Å²) in [6.07, 6.45) is 0. The number of aryl methyl sites for hydroxylation is 1. The van der Waals surface area contributed by atoms with Crippen molar-refractivity contribution in [2.75, 3.05) is 0 Å². The van der Waals surface area contributed by atoms with E-state index in [4.69, 9.17) is 0 Å². The van der Waals surface area contributed by atoms with E-state index in [1.54, 1.807) is 25.2 Å². The van der Waals surface area contributed by atoms with Crippen molar-refractivity contribution >= 4 is 23.0 Å². The molecule has 0 spiro atoms. The Morgan fingerprint density at radius 3 is 2.38 bits per heavy atom. The normalized spacial score (nSPS) is 13.0. The van der Waals surface area contributed by atoms with Gasteiger partial charge in [-0.15, -0.1) is 11.3 Å². The Balaban J connectivity index is 2.19. The van der Waals surface area contributed by atoms with Crippen LogP contribution in [0.15, 0.2) is 5.38 Å². The maximum absolute atomic E-state index is 12.6. The predicted molar refractivity (Wildman–Crippen MR) is 97.0 cm³/mol. The van der Waals surface area contributed by atoms with Crippen LogP contribution in [0.25, 0.3) is 0 Å². The van der Waals surface area contributed by atoms with Crippen LogP contribution in [-0.2, 0) is 5.41 Å². The number of carbonyl (C=O) groups excluding carboxylic acids is 2. The number of nitrogens with zero attached hydrogens (tertiary/aromatic N) is 1. The second kappa shape index (κ2) is 6.51. The molecule has 0 aliphatic rings. The summed E-state index contributed by atoms with van der Waals surface area (Å²) in [5, 5.41) is 5.88. The number of thiazole rings is 1. The van der Waals surface area contributed by atoms with Gasteiger partial charge in [-0.1, -0.05) is 20.8 Å². The highest BCUT2D eigenvalue weighted by molar-refractivity contribution is 7.09. The van der Waals surface area contributed by atoms with Gasteiger partial charge in [0.1, 0.15) is 10.7 Å². The van der Waals surface area contributed by atoms with Crippen molar-refractivity contribution in [1.82, 2.24) is 15.3 Å². The lowest BCUT2D eigenvalue weighted by molar-refractivity contribution is 0.0934. The topological polar surface area (TPSA) is 74.8 Å². The van der Waals surface area contributed by atoms with E-state index in [1.165, 1.54) is 6.92 Å². The van der Waals surface area contributed by atoms with Gasteiger partial charge in [0.25, 0.3) is 5.91 Å². The number of Topliss-reactive ketones (excluding diaryl/α,β-unsaturated/α-hetero) is 1. The molecule has 1 amide bonds. The van der Waals surface area contributed by atoms with Crippen LogP contribution in [-0.4, -0.2) is 21.7 Å². The average molecular weight is 347 g/mol. The van der Waals surface area contributed by atoms with Gasteiger partial charge in [-0.3, -0.25) is 9.59 Å². The highest BCUT2D eigenvalue weighted by Gasteiger charge is 2.23. The number of ketones is 1. The molecule has 6 heteroatoms. The fourth-order valence-corrected chi connectivity index (χ4v) is 3.72. The quantitative estimate of drug-likeness (QED) is 0.818. The molecule has 24 heavy (non-hydrogen) atoms. The molecule has 0 saturated heterocycles. The Labute approximate surface area is 146 Å². The number of aromatic amines is 1. The number of rotatable bonds is 4. The van der Waals surface area contributed by atoms with Gasteiger partial charge in [-0.05, 0) is 33.3 Å². The number of carbonyl (C=O) groups is 2. The Hall–Kier alpha value is -1.95. The van der Waals surface area contributed by atoms with Gasteiger partial charge in [0, 0.05) is 22.1 Å². The van der Waals surface area contributed by atoms with E-state index in [0.717, 1.165) is 16.4 Å². The maximum atomic E-state index is 12.6. The molecule has 2 rings (SSSR count). The summed E-state index contributed by atoms with van der Waals surface area (Å²) in [4.78, 5) is 31.9. The molecule has 0 aliphatic heterocycles. The Morgan fingerprint density at radius 2 is 1.92 bits per heavy atom. The Bertz CT molecular complexity index is 781. The van der Waals surface area contributed by atoms with Crippen LogP contribution >= 0.6 is 11.3 Å². The van der Waals surface area contributed by atoms with E-state index < -0.39 is 0 Å². The van der Waals surface area contributed by atoms with Gasteiger partial charge in [-0.25, -0.2) is 4.98 Å². The number of hydrogen-bond donors (Lipinski definition) is 2. The second-order valence-electron chi connectivity index (χ2n) is 7.20. The van der Waals surface area contributed by atoms with Crippen molar-refractivity contribution in [3.05, 3.63) is 38.6 Å². The third-order valence-corrected chi connectivity index (χ3v) is 5.05. The van der Waals surface area contributed by atoms with Gasteiger partial charge >= 0.3 is 0 Å². The molecule has 1 unspecified atom stereocenters. The van der Waals surface area contributed by atoms with Crippen LogP contribution in [0.2, 0.25) is 0 Å². The fraction of sp³-hybridized carbons (Fsp3) is 0.500. The summed E-state index contributed by atoms with van der Waals surface area (Å²) in [6.45, 7) is 13.4. The van der Waals surface area contributed by atoms with Crippen molar-refractivity contribution in [2.24, 2.45) is 0 Å². The standard InChI is InChI=1S/C18H25N3O2S/c1-9-14(12(4)22)10(2)19-15(9)16(23)20-11(3)17-21-13(8-24-17)18(5,6)7/h8,11,19H,1-7H3,(H,20,23). The van der Waals surface area contributed by atoms with E-state index in [2.05, 4.69) is 36.1 Å². The first-order chi connectivity index (χ1) is 11.0. The molecule has 0 radical (unpaired) electrons. The lowest BCUT2D eigenvalue weighted by atomic mass is 9.93. The van der Waals surface area contributed by atoms with Gasteiger partial charge in [-0.2, -0.15) is 0 Å². The summed E-state index contributed by atoms with van der Waals surface area (Å²) in [5.74, 6) is -0.258. The molecule has 2 heterocycles. The molecule has 0 aliphatic carbocycles. The molecule has 0 saturated carbocycles. The number of amides is 1. The van der Waals surface area contributed by atoms with Crippen LogP contribution in [0, 0.1) is 13.8 Å². The van der Waals surface area contributed by atoms with Crippen molar-refractivity contribution in [1.29, 1.82) is 0 Å². The van der Waals surface area contributed by atoms with Gasteiger partial charge in [0.15, 0.2) is 5.78 Å². The molecule has 0 bridgehead atoms. The molecule has 1 atom stereocenters. The first-order valence-corrected chi connectivity index (χ1v) is 8.87. The predicted octanol–water partition coefficient (Wildman–Crippen LogP) is 4.08. The minimum atomic E-state index is -0.219. The summed E-state index contributed by atoms with van der Waals surface area (Å²) in [6, 6.07) is -0.192. The molecule has 130 valence electrons. The molecule has 2 aromatic heterocycles. The van der Waals surface area contributed by atoms with Crippen LogP contribution < -0.4 is 5.32 Å². The molecule has 2 aromatic rings. The summed E-state index contributed by atoms with van der Waals surface area (Å²) >= 11 is 1.55. The number of H-pyrrole nitrogens is 1. The molecular weight excluding hydrogens is 322 g/mol. The van der Waals surface area contributed by atoms with E-state index in [9.17, 15) is 9.59 Å². The molecule has 2 N–H and O–H groups in total. The van der Waals surface area contributed by atoms with Crippen LogP contribution in [0.3, 0.4) is 0 Å². The monoisotopic (exact) mass is 347 g/mol. The second-order valence-corrected chi connectivity index (χ2v) is 8.09. The zero-order valence-corrected chi connectivity index (χ0v) is 16.1. The molecular formula is C18H25N3O2S. The summed E-state index contributed by atoms with van der Waals surface area (Å²) in [7, 11) is 0. The van der Waals surface area contributed by atoms with Gasteiger partial charge in [0.2, 0.25) is 0 Å². The first kappa shape index (κ1) is 18.4. The summed E-state index contributed by atoms with van der Waals surface area (Å²) in [5.41, 5.74) is 3.46. The minimum absolute atomic E-state index is 0.0119. The third-order valence-electron chi connectivity index (χ3n) is 4.03. The van der Waals surface area contributed by atoms with Gasteiger partial charge < -0.3 is 10.3 Å². The zero-order chi connectivity index (χ0) is 18.2. The number of aromatic nitrogens is 2. The van der Waals surface area contributed by atoms with E-state index in [1.807, 2.05) is 12.3 Å². The van der Waals surface area contributed by atoms with E-state index >= 15 is 0 Å². The average Bonchev–Trinajstić information content (AvgIpc) is 3.03. The van der Waals surface area contributed by atoms with Crippen molar-refractivity contribution in [3.63, 3.8) is 0 Å². The highest BCUT2D eigenvalue weighted by Crippen LogP contribution is 2.27. The van der Waals surface area contributed by atoms with Crippen LogP contribution in [0.4, 0.5) is 0 Å². The van der Waals surface area contributed by atoms with Crippen molar-refractivity contribution in [3.8, 4) is 0 Å². The van der Waals surface area contributed by atoms with E-state index in [-0.39, 0.29) is 23.1 Å². The summed E-state index contributed by atoms with van der Waals surface area (Å²) < 4.78 is 0. The lowest BCUT2D eigenvalue weighted by Crippen LogP contribution is -2.27. The van der Waals surface area contributed by atoms with Crippen LogP contribution in [0.1, 0.15) is 83.5 Å². The number of nitrogens with one attached hydrogen (secondary N) is 2. The Kier molecular flexibility index (Phi) is 4.99. The number of hydrogen-bond acceptors (Lipinski definition) is 4. The SMILES string of the molecule is CC(=O)c1c(C)[nH]c(C(=O)NC(C)c2nc(C(C)(C)C)cs2)c1C. The van der Waals surface area contributed by atoms with Crippen molar-refractivity contribution < 1.29 is 9.59 Å². The molecule has 5 nitrogen and oxygen atoms in total. The fourth-order valence-electron chi connectivity index (χ4n) is 2.67.